The van der Waals surface area contributed by atoms with Crippen molar-refractivity contribution in [3.63, 3.8) is 0 Å². The summed E-state index contributed by atoms with van der Waals surface area (Å²) in [5.41, 5.74) is 15.7. The fourth-order valence-corrected chi connectivity index (χ4v) is 7.76. The van der Waals surface area contributed by atoms with Gasteiger partial charge >= 0.3 is 0 Å². The van der Waals surface area contributed by atoms with Crippen molar-refractivity contribution >= 4 is 57.4 Å². The lowest BCUT2D eigenvalue weighted by Gasteiger charge is -2.22. The molecule has 276 valence electrons. The molecule has 2 atom stereocenters. The van der Waals surface area contributed by atoms with Crippen molar-refractivity contribution in [2.75, 3.05) is 10.6 Å². The van der Waals surface area contributed by atoms with Crippen molar-refractivity contribution in [1.29, 1.82) is 0 Å². The number of anilines is 2. The fraction of sp³-hybridized carbons (Fsp3) is 0.191. The Labute approximate surface area is 332 Å². The molecule has 0 saturated carbocycles. The lowest BCUT2D eigenvalue weighted by molar-refractivity contribution is 0.464. The van der Waals surface area contributed by atoms with Crippen LogP contribution in [0.4, 0.5) is 22.7 Å². The third-order valence-corrected chi connectivity index (χ3v) is 11.4. The summed E-state index contributed by atoms with van der Waals surface area (Å²) >= 11 is 12.5. The molecule has 4 N–H and O–H groups in total. The minimum absolute atomic E-state index is 0.219. The van der Waals surface area contributed by atoms with E-state index in [1.165, 1.54) is 22.3 Å². The number of fused-ring (bicyclic) bond motifs is 2. The first-order valence-corrected chi connectivity index (χ1v) is 19.3. The molecule has 0 aromatic heterocycles. The average molecular weight is 766 g/mol. The highest BCUT2D eigenvalue weighted by atomic mass is 35.5. The Kier molecular flexibility index (Phi) is 9.89. The number of hydrogen-bond donors (Lipinski definition) is 4. The van der Waals surface area contributed by atoms with Gasteiger partial charge in [0.2, 0.25) is 0 Å². The van der Waals surface area contributed by atoms with Gasteiger partial charge in [-0.05, 0) is 151 Å². The second kappa shape index (κ2) is 14.9. The summed E-state index contributed by atoms with van der Waals surface area (Å²) in [5, 5.41) is 31.5. The number of benzene rings is 6. The van der Waals surface area contributed by atoms with Crippen molar-refractivity contribution in [1.82, 2.24) is 0 Å². The zero-order valence-electron chi connectivity index (χ0n) is 31.2. The van der Waals surface area contributed by atoms with Crippen molar-refractivity contribution in [2.45, 2.75) is 59.0 Å². The van der Waals surface area contributed by atoms with Gasteiger partial charge in [0.15, 0.2) is 0 Å². The van der Waals surface area contributed by atoms with Gasteiger partial charge in [0.1, 0.15) is 11.5 Å². The maximum Gasteiger partial charge on any atom is 0.120 e. The molecule has 0 saturated heterocycles. The van der Waals surface area contributed by atoms with Crippen LogP contribution in [0.3, 0.4) is 0 Å². The van der Waals surface area contributed by atoms with E-state index in [2.05, 4.69) is 74.7 Å². The second-order valence-corrected chi connectivity index (χ2v) is 15.7. The lowest BCUT2D eigenvalue weighted by atomic mass is 9.92. The largest absolute Gasteiger partial charge is 0.508 e. The van der Waals surface area contributed by atoms with Gasteiger partial charge in [-0.15, -0.1) is 0 Å². The Morgan fingerprint density at radius 3 is 1.31 bits per heavy atom. The van der Waals surface area contributed by atoms with E-state index in [1.54, 1.807) is 12.1 Å². The van der Waals surface area contributed by atoms with Crippen LogP contribution >= 0.6 is 23.2 Å². The Hall–Kier alpha value is -5.56. The maximum atomic E-state index is 11.4. The topological polar surface area (TPSA) is 89.2 Å². The van der Waals surface area contributed by atoms with Crippen LogP contribution in [0, 0.1) is 27.7 Å². The third kappa shape index (κ3) is 7.71. The molecule has 6 aromatic rings. The Bertz CT molecular complexity index is 2330. The predicted molar refractivity (Wildman–Crippen MR) is 228 cm³/mol. The van der Waals surface area contributed by atoms with Crippen LogP contribution in [0.1, 0.15) is 80.6 Å². The van der Waals surface area contributed by atoms with Gasteiger partial charge in [-0.25, -0.2) is 0 Å². The molecule has 6 nitrogen and oxygen atoms in total. The SMILES string of the molecule is Cc1cc2c(cc1C)NC(c1cc(Cc3ccc(O)c(C4CC(c5ccc(Cl)cc5)=Nc5cc(C)c(C)cc5N4)c3)ccc1O)CC(c1ccc(Cl)cc1)=N2. The summed E-state index contributed by atoms with van der Waals surface area (Å²) in [6, 6.07) is 35.2. The van der Waals surface area contributed by atoms with Crippen molar-refractivity contribution in [3.8, 4) is 11.5 Å². The van der Waals surface area contributed by atoms with E-state index in [0.717, 1.165) is 67.6 Å². The van der Waals surface area contributed by atoms with Crippen LogP contribution < -0.4 is 10.6 Å². The number of aryl methyl sites for hydroxylation is 4. The summed E-state index contributed by atoms with van der Waals surface area (Å²) in [5.74, 6) is 0.438. The minimum atomic E-state index is -0.249. The smallest absolute Gasteiger partial charge is 0.120 e. The minimum Gasteiger partial charge on any atom is -0.508 e. The number of nitrogens with zero attached hydrogens (tertiary/aromatic N) is 2. The Morgan fingerprint density at radius 2 is 0.909 bits per heavy atom. The van der Waals surface area contributed by atoms with Crippen LogP contribution in [0.25, 0.3) is 0 Å². The van der Waals surface area contributed by atoms with Gasteiger partial charge in [-0.2, -0.15) is 0 Å². The number of aliphatic imine (C=N–C) groups is 2. The highest BCUT2D eigenvalue weighted by Crippen LogP contribution is 2.42. The van der Waals surface area contributed by atoms with Crippen LogP contribution in [-0.4, -0.2) is 21.6 Å². The van der Waals surface area contributed by atoms with Gasteiger partial charge in [-0.1, -0.05) is 59.6 Å². The number of phenolic OH excluding ortho intramolecular Hbond substituents is 2. The molecule has 0 bridgehead atoms. The van der Waals surface area contributed by atoms with Crippen LogP contribution in [0.15, 0.2) is 119 Å². The molecule has 8 rings (SSSR count). The number of rotatable bonds is 6. The molecule has 0 amide bonds. The first-order chi connectivity index (χ1) is 26.5. The number of hydrogen-bond acceptors (Lipinski definition) is 6. The standard InChI is InChI=1S/C47H42Cl2N4O2/c1-26-17-42-44(19-28(26)3)52-40(24-38(50-42)32-7-11-34(48)12-8-32)36-22-30(5-15-46(36)54)21-31-6-16-47(55)37(23-31)41-25-39(33-9-13-35(49)14-10-33)51-43-18-27(2)29(4)20-45(43)53-41/h5-20,22-23,40-41,52-55H,21,24-25H2,1-4H3. The van der Waals surface area contributed by atoms with E-state index >= 15 is 0 Å². The molecule has 55 heavy (non-hydrogen) atoms. The van der Waals surface area contributed by atoms with Crippen molar-refractivity contribution in [3.05, 3.63) is 175 Å². The van der Waals surface area contributed by atoms with E-state index in [-0.39, 0.29) is 23.6 Å². The number of aromatic hydroxyl groups is 2. The molecule has 8 heteroatoms. The fourth-order valence-electron chi connectivity index (χ4n) is 7.51. The van der Waals surface area contributed by atoms with Gasteiger partial charge in [-0.3, -0.25) is 9.98 Å². The van der Waals surface area contributed by atoms with Gasteiger partial charge in [0, 0.05) is 34.0 Å². The van der Waals surface area contributed by atoms with Gasteiger partial charge < -0.3 is 20.8 Å². The quantitative estimate of drug-likeness (QED) is 0.136. The molecule has 2 unspecified atom stereocenters. The maximum absolute atomic E-state index is 11.4. The predicted octanol–water partition coefficient (Wildman–Crippen LogP) is 12.6. The zero-order valence-corrected chi connectivity index (χ0v) is 32.7. The van der Waals surface area contributed by atoms with Crippen molar-refractivity contribution in [2.24, 2.45) is 9.98 Å². The van der Waals surface area contributed by atoms with Crippen LogP contribution in [-0.2, 0) is 6.42 Å². The first-order valence-electron chi connectivity index (χ1n) is 18.5. The average Bonchev–Trinajstić information content (AvgIpc) is 3.46. The highest BCUT2D eigenvalue weighted by Gasteiger charge is 2.26. The molecule has 2 heterocycles. The van der Waals surface area contributed by atoms with Crippen LogP contribution in [0.5, 0.6) is 11.5 Å². The number of nitrogens with one attached hydrogen (secondary N) is 2. The molecule has 2 aliphatic heterocycles. The molecular formula is C47H42Cl2N4O2. The highest BCUT2D eigenvalue weighted by molar-refractivity contribution is 6.31. The Balaban J connectivity index is 1.12. The summed E-state index contributed by atoms with van der Waals surface area (Å²) in [6.45, 7) is 8.39. The normalized spacial score (nSPS) is 16.4. The van der Waals surface area contributed by atoms with E-state index in [4.69, 9.17) is 33.2 Å². The summed E-state index contributed by atoms with van der Waals surface area (Å²) in [4.78, 5) is 10.3. The molecule has 2 aliphatic rings. The summed E-state index contributed by atoms with van der Waals surface area (Å²) in [6.07, 6.45) is 1.71. The van der Waals surface area contributed by atoms with E-state index in [1.807, 2.05) is 60.7 Å². The number of phenols is 2. The monoisotopic (exact) mass is 764 g/mol. The van der Waals surface area contributed by atoms with E-state index in [9.17, 15) is 10.2 Å². The third-order valence-electron chi connectivity index (χ3n) is 10.9. The molecule has 0 spiro atoms. The van der Waals surface area contributed by atoms with Gasteiger partial charge in [0.25, 0.3) is 0 Å². The summed E-state index contributed by atoms with van der Waals surface area (Å²) in [7, 11) is 0. The molecule has 0 aliphatic carbocycles. The molecule has 0 radical (unpaired) electrons. The summed E-state index contributed by atoms with van der Waals surface area (Å²) < 4.78 is 0. The van der Waals surface area contributed by atoms with E-state index in [0.29, 0.717) is 29.3 Å². The molecule has 0 fully saturated rings. The van der Waals surface area contributed by atoms with Crippen LogP contribution in [0.2, 0.25) is 10.0 Å². The number of halogens is 2. The van der Waals surface area contributed by atoms with Crippen molar-refractivity contribution < 1.29 is 10.2 Å². The second-order valence-electron chi connectivity index (χ2n) is 14.8. The Morgan fingerprint density at radius 1 is 0.527 bits per heavy atom. The van der Waals surface area contributed by atoms with E-state index < -0.39 is 0 Å². The first kappa shape index (κ1) is 36.4. The molecule has 6 aromatic carbocycles. The lowest BCUT2D eigenvalue weighted by Crippen LogP contribution is -2.15. The zero-order chi connectivity index (χ0) is 38.4. The molecular weight excluding hydrogens is 723 g/mol. The van der Waals surface area contributed by atoms with Gasteiger partial charge in [0.05, 0.1) is 46.3 Å².